The molecule has 1 atom stereocenters. The number of fused-ring (bicyclic) bond motifs is 2. The van der Waals surface area contributed by atoms with Crippen LogP contribution in [0, 0.1) is 0 Å². The predicted molar refractivity (Wildman–Crippen MR) is 103 cm³/mol. The standard InChI is InChI=1S/C21H19N3S/c1-2-7-16(8-3-1)20-19(24-12-13-25-21(24)23-20)14-22-18-11-10-15-6-4-5-9-17(15)18/h1-9,12-13,18,22H,10-11,14H2. The highest BCUT2D eigenvalue weighted by Crippen LogP contribution is 2.32. The second-order valence-electron chi connectivity index (χ2n) is 6.50. The topological polar surface area (TPSA) is 29.3 Å². The first-order valence-electron chi connectivity index (χ1n) is 8.71. The van der Waals surface area contributed by atoms with Crippen LogP contribution in [0.2, 0.25) is 0 Å². The van der Waals surface area contributed by atoms with Gasteiger partial charge in [-0.2, -0.15) is 0 Å². The molecule has 0 spiro atoms. The molecule has 1 aliphatic carbocycles. The lowest BCUT2D eigenvalue weighted by Crippen LogP contribution is -2.20. The fourth-order valence-corrected chi connectivity index (χ4v) is 4.55. The minimum absolute atomic E-state index is 0.434. The summed E-state index contributed by atoms with van der Waals surface area (Å²) in [6, 6.07) is 19.7. The van der Waals surface area contributed by atoms with Gasteiger partial charge in [0.25, 0.3) is 0 Å². The van der Waals surface area contributed by atoms with Crippen molar-refractivity contribution in [2.75, 3.05) is 0 Å². The number of benzene rings is 2. The van der Waals surface area contributed by atoms with Crippen molar-refractivity contribution in [3.63, 3.8) is 0 Å². The van der Waals surface area contributed by atoms with Gasteiger partial charge in [-0.05, 0) is 24.0 Å². The van der Waals surface area contributed by atoms with Crippen LogP contribution in [0.25, 0.3) is 16.2 Å². The van der Waals surface area contributed by atoms with Crippen molar-refractivity contribution >= 4 is 16.3 Å². The molecule has 3 nitrogen and oxygen atoms in total. The summed E-state index contributed by atoms with van der Waals surface area (Å²) in [5.74, 6) is 0. The molecule has 0 fully saturated rings. The van der Waals surface area contributed by atoms with Crippen LogP contribution in [0.15, 0.2) is 66.2 Å². The lowest BCUT2D eigenvalue weighted by molar-refractivity contribution is 0.524. The van der Waals surface area contributed by atoms with Crippen LogP contribution >= 0.6 is 11.3 Å². The number of aryl methyl sites for hydroxylation is 1. The number of hydrogen-bond donors (Lipinski definition) is 1. The van der Waals surface area contributed by atoms with Gasteiger partial charge in [0.15, 0.2) is 4.96 Å². The first-order chi connectivity index (χ1) is 12.4. The van der Waals surface area contributed by atoms with Crippen LogP contribution in [0.3, 0.4) is 0 Å². The van der Waals surface area contributed by atoms with E-state index in [0.29, 0.717) is 6.04 Å². The van der Waals surface area contributed by atoms with Crippen LogP contribution < -0.4 is 5.32 Å². The van der Waals surface area contributed by atoms with Gasteiger partial charge < -0.3 is 5.32 Å². The number of thiazole rings is 1. The maximum atomic E-state index is 4.87. The maximum absolute atomic E-state index is 4.87. The SMILES string of the molecule is c1ccc(-c2nc3sccn3c2CNC2CCc3ccccc32)cc1. The van der Waals surface area contributed by atoms with E-state index in [1.54, 1.807) is 11.3 Å². The lowest BCUT2D eigenvalue weighted by atomic mass is 10.1. The molecule has 2 aromatic heterocycles. The minimum atomic E-state index is 0.434. The van der Waals surface area contributed by atoms with Crippen molar-refractivity contribution in [2.24, 2.45) is 0 Å². The Balaban J connectivity index is 1.48. The van der Waals surface area contributed by atoms with Crippen LogP contribution in [0.5, 0.6) is 0 Å². The second kappa shape index (κ2) is 6.14. The molecule has 4 heteroatoms. The summed E-state index contributed by atoms with van der Waals surface area (Å²) in [4.78, 5) is 5.93. The molecule has 5 rings (SSSR count). The maximum Gasteiger partial charge on any atom is 0.194 e. The molecule has 2 aromatic carbocycles. The molecule has 2 heterocycles. The monoisotopic (exact) mass is 345 g/mol. The highest BCUT2D eigenvalue weighted by atomic mass is 32.1. The summed E-state index contributed by atoms with van der Waals surface area (Å²) in [6.45, 7) is 0.821. The summed E-state index contributed by atoms with van der Waals surface area (Å²) in [6.07, 6.45) is 4.46. The molecular formula is C21H19N3S. The van der Waals surface area contributed by atoms with Gasteiger partial charge in [0.2, 0.25) is 0 Å². The van der Waals surface area contributed by atoms with Gasteiger partial charge in [-0.15, -0.1) is 11.3 Å². The number of nitrogens with one attached hydrogen (secondary N) is 1. The molecular weight excluding hydrogens is 326 g/mol. The Morgan fingerprint density at radius 3 is 2.84 bits per heavy atom. The normalized spacial score (nSPS) is 16.4. The van der Waals surface area contributed by atoms with Gasteiger partial charge in [-0.1, -0.05) is 54.6 Å². The van der Waals surface area contributed by atoms with E-state index in [1.807, 2.05) is 0 Å². The van der Waals surface area contributed by atoms with E-state index in [0.717, 1.165) is 17.2 Å². The smallest absolute Gasteiger partial charge is 0.194 e. The second-order valence-corrected chi connectivity index (χ2v) is 7.37. The highest BCUT2D eigenvalue weighted by Gasteiger charge is 2.22. The molecule has 0 aliphatic heterocycles. The number of nitrogens with zero attached hydrogens (tertiary/aromatic N) is 2. The quantitative estimate of drug-likeness (QED) is 0.573. The third-order valence-corrected chi connectivity index (χ3v) is 5.81. The fraction of sp³-hybridized carbons (Fsp3) is 0.190. The van der Waals surface area contributed by atoms with E-state index < -0.39 is 0 Å². The summed E-state index contributed by atoms with van der Waals surface area (Å²) >= 11 is 1.69. The molecule has 25 heavy (non-hydrogen) atoms. The third kappa shape index (κ3) is 2.58. The van der Waals surface area contributed by atoms with E-state index in [-0.39, 0.29) is 0 Å². The van der Waals surface area contributed by atoms with Crippen LogP contribution in [0.4, 0.5) is 0 Å². The Morgan fingerprint density at radius 1 is 1.08 bits per heavy atom. The Hall–Kier alpha value is -2.43. The molecule has 0 radical (unpaired) electrons. The number of aromatic nitrogens is 2. The van der Waals surface area contributed by atoms with E-state index in [9.17, 15) is 0 Å². The molecule has 1 unspecified atom stereocenters. The van der Waals surface area contributed by atoms with Crippen molar-refractivity contribution in [1.82, 2.24) is 14.7 Å². The van der Waals surface area contributed by atoms with Gasteiger partial charge in [0.1, 0.15) is 0 Å². The van der Waals surface area contributed by atoms with Crippen molar-refractivity contribution in [3.8, 4) is 11.3 Å². The van der Waals surface area contributed by atoms with Crippen LogP contribution in [-0.4, -0.2) is 9.38 Å². The molecule has 0 saturated carbocycles. The molecule has 1 N–H and O–H groups in total. The van der Waals surface area contributed by atoms with E-state index >= 15 is 0 Å². The molecule has 0 bridgehead atoms. The average molecular weight is 345 g/mol. The number of imidazole rings is 1. The van der Waals surface area contributed by atoms with Gasteiger partial charge in [-0.3, -0.25) is 4.40 Å². The molecule has 124 valence electrons. The Morgan fingerprint density at radius 2 is 1.92 bits per heavy atom. The first kappa shape index (κ1) is 14.9. The molecule has 0 amide bonds. The summed E-state index contributed by atoms with van der Waals surface area (Å²) in [5.41, 5.74) is 6.45. The summed E-state index contributed by atoms with van der Waals surface area (Å²) in [5, 5.41) is 5.88. The highest BCUT2D eigenvalue weighted by molar-refractivity contribution is 7.15. The molecule has 1 aliphatic rings. The number of rotatable bonds is 4. The Kier molecular flexibility index (Phi) is 3.65. The Labute approximate surface area is 151 Å². The van der Waals surface area contributed by atoms with Crippen LogP contribution in [0.1, 0.15) is 29.3 Å². The van der Waals surface area contributed by atoms with Gasteiger partial charge in [-0.25, -0.2) is 4.98 Å². The van der Waals surface area contributed by atoms with Gasteiger partial charge >= 0.3 is 0 Å². The zero-order valence-electron chi connectivity index (χ0n) is 13.9. The lowest BCUT2D eigenvalue weighted by Gasteiger charge is -2.14. The van der Waals surface area contributed by atoms with Crippen molar-refractivity contribution in [2.45, 2.75) is 25.4 Å². The minimum Gasteiger partial charge on any atom is -0.304 e. The van der Waals surface area contributed by atoms with Crippen molar-refractivity contribution < 1.29 is 0 Å². The van der Waals surface area contributed by atoms with Crippen LogP contribution in [-0.2, 0) is 13.0 Å². The zero-order chi connectivity index (χ0) is 16.6. The van der Waals surface area contributed by atoms with Crippen molar-refractivity contribution in [1.29, 1.82) is 0 Å². The van der Waals surface area contributed by atoms with E-state index in [2.05, 4.69) is 75.9 Å². The molecule has 0 saturated heterocycles. The summed E-state index contributed by atoms with van der Waals surface area (Å²) in [7, 11) is 0. The third-order valence-electron chi connectivity index (χ3n) is 5.06. The first-order valence-corrected chi connectivity index (χ1v) is 9.59. The van der Waals surface area contributed by atoms with E-state index in [4.69, 9.17) is 4.98 Å². The van der Waals surface area contributed by atoms with Gasteiger partial charge in [0, 0.05) is 29.7 Å². The zero-order valence-corrected chi connectivity index (χ0v) is 14.7. The largest absolute Gasteiger partial charge is 0.304 e. The van der Waals surface area contributed by atoms with E-state index in [1.165, 1.54) is 35.2 Å². The molecule has 4 aromatic rings. The fourth-order valence-electron chi connectivity index (χ4n) is 3.82. The van der Waals surface area contributed by atoms with Crippen molar-refractivity contribution in [3.05, 3.63) is 83.0 Å². The van der Waals surface area contributed by atoms with Gasteiger partial charge in [0.05, 0.1) is 11.4 Å². The number of hydrogen-bond acceptors (Lipinski definition) is 3. The summed E-state index contributed by atoms with van der Waals surface area (Å²) < 4.78 is 2.22. The Bertz CT molecular complexity index is 1020. The average Bonchev–Trinajstić information content (AvgIpc) is 3.35. The predicted octanol–water partition coefficient (Wildman–Crippen LogP) is 4.84.